The second kappa shape index (κ2) is 7.61. The third-order valence-electron chi connectivity index (χ3n) is 4.43. The van der Waals surface area contributed by atoms with E-state index in [0.717, 1.165) is 0 Å². The first kappa shape index (κ1) is 16.7. The van der Waals surface area contributed by atoms with Gasteiger partial charge in [-0.2, -0.15) is 0 Å². The third-order valence-corrected chi connectivity index (χ3v) is 4.43. The molecule has 130 valence electrons. The molecule has 1 aromatic carbocycles. The summed E-state index contributed by atoms with van der Waals surface area (Å²) in [6.45, 7) is 4.51. The Labute approximate surface area is 140 Å². The summed E-state index contributed by atoms with van der Waals surface area (Å²) in [6, 6.07) is 6.13. The number of carbonyl (C=O) groups is 2. The van der Waals surface area contributed by atoms with Crippen molar-refractivity contribution in [3.05, 3.63) is 35.6 Å². The Balaban J connectivity index is 1.49. The van der Waals surface area contributed by atoms with Crippen LogP contribution in [-0.2, 0) is 16.0 Å². The average Bonchev–Trinajstić information content (AvgIpc) is 2.62. The van der Waals surface area contributed by atoms with Crippen molar-refractivity contribution >= 4 is 11.9 Å². The van der Waals surface area contributed by atoms with Crippen LogP contribution in [0.25, 0.3) is 0 Å². The fourth-order valence-electron chi connectivity index (χ4n) is 3.04. The van der Waals surface area contributed by atoms with Crippen LogP contribution >= 0.6 is 0 Å². The quantitative estimate of drug-likeness (QED) is 0.809. The maximum absolute atomic E-state index is 13.2. The highest BCUT2D eigenvalue weighted by atomic mass is 19.1. The molecule has 0 aromatic heterocycles. The minimum Gasteiger partial charge on any atom is -0.378 e. The van der Waals surface area contributed by atoms with Crippen LogP contribution in [0.5, 0.6) is 0 Å². The van der Waals surface area contributed by atoms with E-state index in [1.807, 2.05) is 0 Å². The van der Waals surface area contributed by atoms with E-state index in [0.29, 0.717) is 58.0 Å². The molecule has 0 atom stereocenters. The van der Waals surface area contributed by atoms with Crippen molar-refractivity contribution in [3.63, 3.8) is 0 Å². The maximum Gasteiger partial charge on any atom is 0.320 e. The molecule has 0 saturated carbocycles. The summed E-state index contributed by atoms with van der Waals surface area (Å²) in [7, 11) is 0. The number of nitrogens with zero attached hydrogens (tertiary/aromatic N) is 3. The summed E-state index contributed by atoms with van der Waals surface area (Å²) >= 11 is 0. The third kappa shape index (κ3) is 4.03. The Kier molecular flexibility index (Phi) is 5.30. The molecular formula is C17H22FN3O3. The lowest BCUT2D eigenvalue weighted by Crippen LogP contribution is -2.55. The number of amides is 3. The Morgan fingerprint density at radius 2 is 1.58 bits per heavy atom. The number of benzene rings is 1. The van der Waals surface area contributed by atoms with Crippen LogP contribution in [0.4, 0.5) is 9.18 Å². The maximum atomic E-state index is 13.2. The van der Waals surface area contributed by atoms with Gasteiger partial charge in [-0.15, -0.1) is 0 Å². The summed E-state index contributed by atoms with van der Waals surface area (Å²) in [5.41, 5.74) is 0.673. The zero-order chi connectivity index (χ0) is 16.9. The Bertz CT molecular complexity index is 596. The van der Waals surface area contributed by atoms with Crippen LogP contribution in [0.15, 0.2) is 24.3 Å². The molecule has 24 heavy (non-hydrogen) atoms. The molecule has 0 N–H and O–H groups in total. The predicted molar refractivity (Wildman–Crippen MR) is 86.0 cm³/mol. The summed E-state index contributed by atoms with van der Waals surface area (Å²) in [6.07, 6.45) is 0.190. The molecule has 2 heterocycles. The van der Waals surface area contributed by atoms with Gasteiger partial charge in [0.25, 0.3) is 0 Å². The molecule has 6 nitrogen and oxygen atoms in total. The van der Waals surface area contributed by atoms with Crippen LogP contribution in [0.2, 0.25) is 0 Å². The standard InChI is InChI=1S/C17H22FN3O3/c18-15-3-1-2-14(12-15)13-16(22)19-4-6-20(7-5-19)17(23)21-8-10-24-11-9-21/h1-3,12H,4-11,13H2. The van der Waals surface area contributed by atoms with E-state index in [9.17, 15) is 14.0 Å². The van der Waals surface area contributed by atoms with E-state index in [-0.39, 0.29) is 24.2 Å². The number of morpholine rings is 1. The van der Waals surface area contributed by atoms with Crippen molar-refractivity contribution in [2.75, 3.05) is 52.5 Å². The molecule has 2 saturated heterocycles. The van der Waals surface area contributed by atoms with Gasteiger partial charge >= 0.3 is 6.03 Å². The molecule has 2 fully saturated rings. The summed E-state index contributed by atoms with van der Waals surface area (Å²) in [5, 5.41) is 0. The number of urea groups is 1. The van der Waals surface area contributed by atoms with Gasteiger partial charge in [-0.25, -0.2) is 9.18 Å². The molecular weight excluding hydrogens is 313 g/mol. The van der Waals surface area contributed by atoms with Gasteiger partial charge in [-0.05, 0) is 17.7 Å². The van der Waals surface area contributed by atoms with E-state index >= 15 is 0 Å². The first-order valence-electron chi connectivity index (χ1n) is 8.27. The van der Waals surface area contributed by atoms with Gasteiger partial charge in [0.15, 0.2) is 0 Å². The highest BCUT2D eigenvalue weighted by molar-refractivity contribution is 5.79. The molecule has 3 amide bonds. The molecule has 3 rings (SSSR count). The number of rotatable bonds is 2. The van der Waals surface area contributed by atoms with Gasteiger partial charge in [0.05, 0.1) is 19.6 Å². The van der Waals surface area contributed by atoms with E-state index < -0.39 is 0 Å². The molecule has 0 unspecified atom stereocenters. The normalized spacial score (nSPS) is 18.6. The van der Waals surface area contributed by atoms with Gasteiger partial charge in [0.1, 0.15) is 5.82 Å². The SMILES string of the molecule is O=C(Cc1cccc(F)c1)N1CCN(C(=O)N2CCOCC2)CC1. The van der Waals surface area contributed by atoms with Crippen LogP contribution < -0.4 is 0 Å². The minimum absolute atomic E-state index is 0.0236. The largest absolute Gasteiger partial charge is 0.378 e. The highest BCUT2D eigenvalue weighted by Gasteiger charge is 2.27. The minimum atomic E-state index is -0.332. The summed E-state index contributed by atoms with van der Waals surface area (Å²) in [4.78, 5) is 30.1. The number of piperazine rings is 1. The van der Waals surface area contributed by atoms with E-state index in [4.69, 9.17) is 4.74 Å². The van der Waals surface area contributed by atoms with Crippen LogP contribution in [0, 0.1) is 5.82 Å². The number of hydrogen-bond donors (Lipinski definition) is 0. The second-order valence-electron chi connectivity index (χ2n) is 6.06. The number of hydrogen-bond acceptors (Lipinski definition) is 3. The number of ether oxygens (including phenoxy) is 1. The average molecular weight is 335 g/mol. The fraction of sp³-hybridized carbons (Fsp3) is 0.529. The topological polar surface area (TPSA) is 53.1 Å². The van der Waals surface area contributed by atoms with Crippen LogP contribution in [0.1, 0.15) is 5.56 Å². The Morgan fingerprint density at radius 1 is 0.958 bits per heavy atom. The number of halogens is 1. The van der Waals surface area contributed by atoms with Gasteiger partial charge in [-0.3, -0.25) is 4.79 Å². The monoisotopic (exact) mass is 335 g/mol. The lowest BCUT2D eigenvalue weighted by atomic mass is 10.1. The molecule has 0 bridgehead atoms. The van der Waals surface area contributed by atoms with Gasteiger partial charge in [0.2, 0.25) is 5.91 Å². The van der Waals surface area contributed by atoms with E-state index in [1.165, 1.54) is 12.1 Å². The van der Waals surface area contributed by atoms with E-state index in [2.05, 4.69) is 0 Å². The van der Waals surface area contributed by atoms with Crippen LogP contribution in [-0.4, -0.2) is 79.1 Å². The Hall–Kier alpha value is -2.15. The lowest BCUT2D eigenvalue weighted by Gasteiger charge is -2.38. The van der Waals surface area contributed by atoms with Crippen molar-refractivity contribution in [3.8, 4) is 0 Å². The lowest BCUT2D eigenvalue weighted by molar-refractivity contribution is -0.131. The smallest absolute Gasteiger partial charge is 0.320 e. The molecule has 0 aliphatic carbocycles. The van der Waals surface area contributed by atoms with Crippen molar-refractivity contribution in [1.82, 2.24) is 14.7 Å². The van der Waals surface area contributed by atoms with Gasteiger partial charge < -0.3 is 19.4 Å². The molecule has 7 heteroatoms. The fourth-order valence-corrected chi connectivity index (χ4v) is 3.04. The van der Waals surface area contributed by atoms with Gasteiger partial charge in [-0.1, -0.05) is 12.1 Å². The van der Waals surface area contributed by atoms with Gasteiger partial charge in [0, 0.05) is 39.3 Å². The van der Waals surface area contributed by atoms with Crippen molar-refractivity contribution < 1.29 is 18.7 Å². The molecule has 0 spiro atoms. The van der Waals surface area contributed by atoms with E-state index in [1.54, 1.807) is 26.8 Å². The second-order valence-corrected chi connectivity index (χ2v) is 6.06. The van der Waals surface area contributed by atoms with Crippen LogP contribution in [0.3, 0.4) is 0 Å². The molecule has 0 radical (unpaired) electrons. The molecule has 2 aliphatic rings. The zero-order valence-electron chi connectivity index (χ0n) is 13.6. The van der Waals surface area contributed by atoms with Crippen molar-refractivity contribution in [2.45, 2.75) is 6.42 Å². The molecule has 1 aromatic rings. The summed E-state index contributed by atoms with van der Waals surface area (Å²) in [5.74, 6) is -0.361. The summed E-state index contributed by atoms with van der Waals surface area (Å²) < 4.78 is 18.5. The highest BCUT2D eigenvalue weighted by Crippen LogP contribution is 2.11. The zero-order valence-corrected chi connectivity index (χ0v) is 13.6. The first-order chi connectivity index (χ1) is 11.6. The van der Waals surface area contributed by atoms with Crippen molar-refractivity contribution in [1.29, 1.82) is 0 Å². The van der Waals surface area contributed by atoms with Crippen molar-refractivity contribution in [2.24, 2.45) is 0 Å². The molecule has 2 aliphatic heterocycles. The Morgan fingerprint density at radius 3 is 2.25 bits per heavy atom. The first-order valence-corrected chi connectivity index (χ1v) is 8.27. The number of carbonyl (C=O) groups excluding carboxylic acids is 2. The predicted octanol–water partition coefficient (Wildman–Crippen LogP) is 0.965.